The summed E-state index contributed by atoms with van der Waals surface area (Å²) in [4.78, 5) is 23.6. The van der Waals surface area contributed by atoms with E-state index in [9.17, 15) is 14.1 Å². The van der Waals surface area contributed by atoms with Gasteiger partial charge in [-0.15, -0.1) is 10.0 Å². The molecule has 2 amide bonds. The molecule has 0 aromatic carbocycles. The fourth-order valence-electron chi connectivity index (χ4n) is 5.39. The average Bonchev–Trinajstić information content (AvgIpc) is 3.72. The molecule has 9 nitrogen and oxygen atoms in total. The Labute approximate surface area is 207 Å². The number of rotatable bonds is 14. The molecule has 2 aliphatic heterocycles. The lowest BCUT2D eigenvalue weighted by atomic mass is 9.68. The summed E-state index contributed by atoms with van der Waals surface area (Å²) in [7, 11) is 1.67. The molecular weight excluding hydrogens is 457 g/mol. The topological polar surface area (TPSA) is 114 Å². The maximum atomic E-state index is 12.5. The van der Waals surface area contributed by atoms with E-state index in [2.05, 4.69) is 37.5 Å². The van der Waals surface area contributed by atoms with Gasteiger partial charge in [-0.05, 0) is 52.9 Å². The number of epoxide rings is 2. The lowest BCUT2D eigenvalue weighted by Crippen LogP contribution is -2.56. The quantitative estimate of drug-likeness (QED) is 0.146. The molecule has 6 atom stereocenters. The van der Waals surface area contributed by atoms with Crippen LogP contribution in [0.1, 0.15) is 65.7 Å². The fraction of sp³-hybridized carbons (Fsp3) is 0.840. The number of methoxy groups -OCH3 is 1. The number of ether oxygens (including phenoxy) is 4. The van der Waals surface area contributed by atoms with Gasteiger partial charge in [0.25, 0.3) is 0 Å². The van der Waals surface area contributed by atoms with Crippen molar-refractivity contribution in [2.45, 2.75) is 95.2 Å². The Bertz CT molecular complexity index is 757. The highest BCUT2D eigenvalue weighted by molar-refractivity contribution is 5.77. The summed E-state index contributed by atoms with van der Waals surface area (Å²) in [5.74, 6) is -0.357. The maximum Gasteiger partial charge on any atom is 0.407 e. The molecule has 0 aromatic rings. The number of halogens is 1. The van der Waals surface area contributed by atoms with E-state index in [0.29, 0.717) is 26.1 Å². The Hall–Kier alpha value is -1.75. The van der Waals surface area contributed by atoms with Crippen molar-refractivity contribution >= 4 is 12.0 Å². The van der Waals surface area contributed by atoms with E-state index in [0.717, 1.165) is 38.5 Å². The van der Waals surface area contributed by atoms with Crippen molar-refractivity contribution in [3.8, 4) is 0 Å². The largest absolute Gasteiger partial charge is 0.443 e. The Morgan fingerprint density at radius 3 is 2.43 bits per heavy atom. The summed E-state index contributed by atoms with van der Waals surface area (Å²) in [6.07, 6.45) is 7.04. The van der Waals surface area contributed by atoms with Crippen LogP contribution in [0.5, 0.6) is 0 Å². The lowest BCUT2D eigenvalue weighted by molar-refractivity contribution is -0.120. The van der Waals surface area contributed by atoms with E-state index in [4.69, 9.17) is 18.9 Å². The molecule has 3 fully saturated rings. The van der Waals surface area contributed by atoms with Gasteiger partial charge in [0.15, 0.2) is 0 Å². The minimum atomic E-state index is -0.433. The molecular formula is C25H42FN3O6. The van der Waals surface area contributed by atoms with Gasteiger partial charge < -0.3 is 29.6 Å². The van der Waals surface area contributed by atoms with E-state index in [1.807, 2.05) is 0 Å². The molecule has 1 spiro atoms. The van der Waals surface area contributed by atoms with E-state index < -0.39 is 6.09 Å². The third kappa shape index (κ3) is 7.38. The van der Waals surface area contributed by atoms with Crippen molar-refractivity contribution in [3.63, 3.8) is 0 Å². The predicted octanol–water partition coefficient (Wildman–Crippen LogP) is 2.94. The molecule has 0 bridgehead atoms. The average molecular weight is 500 g/mol. The zero-order valence-electron chi connectivity index (χ0n) is 21.5. The Balaban J connectivity index is 1.40. The second-order valence-corrected chi connectivity index (χ2v) is 10.3. The first-order valence-corrected chi connectivity index (χ1v) is 12.8. The van der Waals surface area contributed by atoms with Crippen LogP contribution < -0.4 is 16.2 Å². The van der Waals surface area contributed by atoms with Crippen molar-refractivity contribution in [2.24, 2.45) is 5.92 Å². The van der Waals surface area contributed by atoms with Crippen LogP contribution in [0.4, 0.5) is 9.28 Å². The molecule has 1 saturated carbocycles. The van der Waals surface area contributed by atoms with Crippen LogP contribution in [-0.2, 0) is 23.7 Å². The van der Waals surface area contributed by atoms with Crippen LogP contribution in [0.25, 0.3) is 0 Å². The number of hydrogen-bond acceptors (Lipinski definition) is 7. The first kappa shape index (κ1) is 27.8. The van der Waals surface area contributed by atoms with Gasteiger partial charge in [0.2, 0.25) is 5.91 Å². The van der Waals surface area contributed by atoms with E-state index in [-0.39, 0.29) is 47.9 Å². The molecule has 3 aliphatic rings. The molecule has 2 saturated heterocycles. The number of nitrogens with one attached hydrogen (secondary N) is 3. The summed E-state index contributed by atoms with van der Waals surface area (Å²) in [6, 6.07) is 0. The molecule has 3 N–H and O–H groups in total. The molecule has 0 aromatic heterocycles. The summed E-state index contributed by atoms with van der Waals surface area (Å²) >= 11 is 0. The van der Waals surface area contributed by atoms with Crippen molar-refractivity contribution in [1.29, 1.82) is 0 Å². The van der Waals surface area contributed by atoms with Gasteiger partial charge in [-0.3, -0.25) is 4.79 Å². The normalized spacial score (nSPS) is 33.2. The van der Waals surface area contributed by atoms with Crippen LogP contribution in [0, 0.1) is 5.92 Å². The smallest absolute Gasteiger partial charge is 0.407 e. The van der Waals surface area contributed by atoms with Crippen molar-refractivity contribution in [3.05, 3.63) is 11.6 Å². The molecule has 2 heterocycles. The minimum Gasteiger partial charge on any atom is -0.443 e. The lowest BCUT2D eigenvalue weighted by Gasteiger charge is -2.42. The number of carbonyl (C=O) groups excluding carboxylic acids is 2. The van der Waals surface area contributed by atoms with Crippen molar-refractivity contribution < 1.29 is 33.0 Å². The first-order valence-electron chi connectivity index (χ1n) is 12.8. The summed E-state index contributed by atoms with van der Waals surface area (Å²) in [5, 5.41) is 5.47. The zero-order chi connectivity index (χ0) is 25.5. The molecule has 6 unspecified atom stereocenters. The number of unbranched alkanes of at least 4 members (excludes halogenated alkanes) is 3. The second kappa shape index (κ2) is 12.5. The third-order valence-corrected chi connectivity index (χ3v) is 7.42. The number of alkyl carbamates (subject to hydrolysis) is 1. The van der Waals surface area contributed by atoms with Crippen LogP contribution >= 0.6 is 0 Å². The maximum absolute atomic E-state index is 12.5. The predicted molar refractivity (Wildman–Crippen MR) is 128 cm³/mol. The fourth-order valence-corrected chi connectivity index (χ4v) is 5.39. The molecule has 3 rings (SSSR count). The molecule has 200 valence electrons. The SMILES string of the molecule is COC1C(OC(=O)NCCCCCCNC(=O)CNF)CCC2(CO2)C1C1(C)OC1CC=C(C)C. The van der Waals surface area contributed by atoms with Crippen LogP contribution in [-0.4, -0.2) is 74.9 Å². The van der Waals surface area contributed by atoms with Gasteiger partial charge in [0, 0.05) is 20.2 Å². The number of allylic oxidation sites excluding steroid dienone is 1. The molecule has 10 heteroatoms. The van der Waals surface area contributed by atoms with Crippen LogP contribution in [0.15, 0.2) is 11.6 Å². The summed E-state index contributed by atoms with van der Waals surface area (Å²) in [6.45, 7) is 7.70. The number of hydrogen-bond donors (Lipinski definition) is 3. The highest BCUT2D eigenvalue weighted by atomic mass is 19.2. The first-order chi connectivity index (χ1) is 16.8. The molecule has 1 aliphatic carbocycles. The van der Waals surface area contributed by atoms with Crippen molar-refractivity contribution in [2.75, 3.05) is 33.4 Å². The van der Waals surface area contributed by atoms with Crippen molar-refractivity contribution in [1.82, 2.24) is 16.2 Å². The van der Waals surface area contributed by atoms with Gasteiger partial charge in [-0.1, -0.05) is 24.5 Å². The van der Waals surface area contributed by atoms with Gasteiger partial charge in [-0.2, -0.15) is 0 Å². The van der Waals surface area contributed by atoms with Gasteiger partial charge in [-0.25, -0.2) is 4.79 Å². The van der Waals surface area contributed by atoms with E-state index in [1.54, 1.807) is 7.11 Å². The van der Waals surface area contributed by atoms with Crippen LogP contribution in [0.3, 0.4) is 0 Å². The minimum absolute atomic E-state index is 0.00305. The highest BCUT2D eigenvalue weighted by Gasteiger charge is 2.72. The molecule has 0 radical (unpaired) electrons. The number of amides is 2. The molecule has 35 heavy (non-hydrogen) atoms. The van der Waals surface area contributed by atoms with Gasteiger partial charge >= 0.3 is 6.09 Å². The number of carbonyl (C=O) groups is 2. The second-order valence-electron chi connectivity index (χ2n) is 10.3. The Kier molecular flexibility index (Phi) is 9.92. The standard InChI is InChI=1S/C25H42FN3O6/c1-17(2)9-10-19-24(3,35-19)22-21(32-4)18(11-12-25(22)16-33-25)34-23(31)28-14-8-6-5-7-13-27-20(30)15-29-26/h9,18-19,21-22,29H,5-8,10-16H2,1-4H3,(H,27,30)(H,28,31). The monoisotopic (exact) mass is 499 g/mol. The van der Waals surface area contributed by atoms with Gasteiger partial charge in [0.05, 0.1) is 18.6 Å². The highest BCUT2D eigenvalue weighted by Crippen LogP contribution is 2.59. The summed E-state index contributed by atoms with van der Waals surface area (Å²) < 4.78 is 35.7. The third-order valence-electron chi connectivity index (χ3n) is 7.42. The summed E-state index contributed by atoms with van der Waals surface area (Å²) in [5.41, 5.74) is 1.99. The van der Waals surface area contributed by atoms with Crippen LogP contribution in [0.2, 0.25) is 0 Å². The van der Waals surface area contributed by atoms with E-state index >= 15 is 0 Å². The zero-order valence-corrected chi connectivity index (χ0v) is 21.5. The Morgan fingerprint density at radius 2 is 1.83 bits per heavy atom. The van der Waals surface area contributed by atoms with E-state index in [1.165, 1.54) is 11.1 Å². The Morgan fingerprint density at radius 1 is 1.14 bits per heavy atom. The van der Waals surface area contributed by atoms with Gasteiger partial charge in [0.1, 0.15) is 30.0 Å².